The van der Waals surface area contributed by atoms with Gasteiger partial charge in [0.25, 0.3) is 0 Å². The molecule has 0 saturated carbocycles. The summed E-state index contributed by atoms with van der Waals surface area (Å²) in [5.41, 5.74) is 0. The second kappa shape index (κ2) is 10.2. The highest BCUT2D eigenvalue weighted by Gasteiger charge is 2.25. The second-order valence-corrected chi connectivity index (χ2v) is 6.82. The molecule has 21 heavy (non-hydrogen) atoms. The zero-order valence-corrected chi connectivity index (χ0v) is 14.5. The summed E-state index contributed by atoms with van der Waals surface area (Å²) in [5, 5.41) is 6.64. The van der Waals surface area contributed by atoms with Gasteiger partial charge in [-0.1, -0.05) is 33.6 Å². The number of amides is 1. The summed E-state index contributed by atoms with van der Waals surface area (Å²) in [4.78, 5) is 14.7. The predicted octanol–water partition coefficient (Wildman–Crippen LogP) is 2.39. The molecule has 1 amide bonds. The lowest BCUT2D eigenvalue weighted by Crippen LogP contribution is -2.50. The van der Waals surface area contributed by atoms with Gasteiger partial charge in [-0.3, -0.25) is 9.69 Å². The molecule has 4 nitrogen and oxygen atoms in total. The van der Waals surface area contributed by atoms with Crippen LogP contribution in [0.5, 0.6) is 0 Å². The Morgan fingerprint density at radius 2 is 2.10 bits per heavy atom. The summed E-state index contributed by atoms with van der Waals surface area (Å²) in [5.74, 6) is 0.770. The molecule has 0 aromatic carbocycles. The van der Waals surface area contributed by atoms with Gasteiger partial charge in [0.1, 0.15) is 0 Å². The van der Waals surface area contributed by atoms with E-state index in [0.717, 1.165) is 32.6 Å². The minimum Gasteiger partial charge on any atom is -0.355 e. The number of nitrogens with one attached hydrogen (secondary N) is 2. The van der Waals surface area contributed by atoms with E-state index >= 15 is 0 Å². The Bertz CT molecular complexity index is 288. The van der Waals surface area contributed by atoms with E-state index in [2.05, 4.69) is 36.3 Å². The Labute approximate surface area is 131 Å². The summed E-state index contributed by atoms with van der Waals surface area (Å²) in [7, 11) is 0. The molecule has 2 N–H and O–H groups in total. The van der Waals surface area contributed by atoms with Crippen molar-refractivity contribution in [1.29, 1.82) is 0 Å². The van der Waals surface area contributed by atoms with Gasteiger partial charge in [-0.15, -0.1) is 0 Å². The van der Waals surface area contributed by atoms with Crippen molar-refractivity contribution in [2.45, 2.75) is 71.9 Å². The van der Waals surface area contributed by atoms with Crippen molar-refractivity contribution in [1.82, 2.24) is 15.5 Å². The van der Waals surface area contributed by atoms with Crippen LogP contribution in [-0.2, 0) is 4.79 Å². The van der Waals surface area contributed by atoms with E-state index in [9.17, 15) is 4.79 Å². The molecule has 1 heterocycles. The minimum atomic E-state index is -0.0311. The first-order chi connectivity index (χ1) is 10.0. The normalized spacial score (nSPS) is 20.2. The Hall–Kier alpha value is -0.610. The topological polar surface area (TPSA) is 44.4 Å². The number of rotatable bonds is 10. The van der Waals surface area contributed by atoms with Gasteiger partial charge in [0.05, 0.1) is 6.04 Å². The summed E-state index contributed by atoms with van der Waals surface area (Å²) in [6, 6.07) is 0.524. The fourth-order valence-corrected chi connectivity index (χ4v) is 2.96. The molecule has 4 heteroatoms. The fourth-order valence-electron chi connectivity index (χ4n) is 2.96. The third-order valence-electron chi connectivity index (χ3n) is 4.22. The van der Waals surface area contributed by atoms with Crippen LogP contribution in [0.2, 0.25) is 0 Å². The molecular weight excluding hydrogens is 262 g/mol. The monoisotopic (exact) mass is 297 g/mol. The first kappa shape index (κ1) is 18.4. The molecule has 1 saturated heterocycles. The molecule has 0 bridgehead atoms. The van der Waals surface area contributed by atoms with Crippen LogP contribution >= 0.6 is 0 Å². The molecule has 1 rings (SSSR count). The fraction of sp³-hybridized carbons (Fsp3) is 0.941. The van der Waals surface area contributed by atoms with Gasteiger partial charge in [0.2, 0.25) is 5.91 Å². The molecule has 1 fully saturated rings. The van der Waals surface area contributed by atoms with Gasteiger partial charge in [0.15, 0.2) is 0 Å². The van der Waals surface area contributed by atoms with E-state index < -0.39 is 0 Å². The zero-order chi connectivity index (χ0) is 15.7. The number of hydrogen-bond donors (Lipinski definition) is 2. The molecule has 2 unspecified atom stereocenters. The van der Waals surface area contributed by atoms with Crippen molar-refractivity contribution in [3.8, 4) is 0 Å². The number of carbonyl (C=O) groups excluding carboxylic acids is 1. The third kappa shape index (κ3) is 7.28. The summed E-state index contributed by atoms with van der Waals surface area (Å²) >= 11 is 0. The van der Waals surface area contributed by atoms with Crippen molar-refractivity contribution in [3.05, 3.63) is 0 Å². The van der Waals surface area contributed by atoms with Crippen LogP contribution in [0.4, 0.5) is 0 Å². The van der Waals surface area contributed by atoms with Gasteiger partial charge in [0, 0.05) is 25.7 Å². The number of hydrogen-bond acceptors (Lipinski definition) is 3. The van der Waals surface area contributed by atoms with Gasteiger partial charge >= 0.3 is 0 Å². The van der Waals surface area contributed by atoms with Crippen molar-refractivity contribution >= 4 is 5.91 Å². The highest BCUT2D eigenvalue weighted by molar-refractivity contribution is 5.81. The molecular formula is C17H35N3O. The maximum absolute atomic E-state index is 12.3. The maximum atomic E-state index is 12.3. The Morgan fingerprint density at radius 1 is 1.33 bits per heavy atom. The molecule has 0 spiro atoms. The molecule has 1 aliphatic rings. The van der Waals surface area contributed by atoms with Crippen LogP contribution in [0.1, 0.15) is 59.8 Å². The maximum Gasteiger partial charge on any atom is 0.237 e. The van der Waals surface area contributed by atoms with Crippen LogP contribution < -0.4 is 10.6 Å². The van der Waals surface area contributed by atoms with E-state index in [0.29, 0.717) is 12.0 Å². The molecule has 1 aliphatic heterocycles. The number of unbranched alkanes of at least 4 members (excludes halogenated alkanes) is 2. The Morgan fingerprint density at radius 3 is 2.67 bits per heavy atom. The van der Waals surface area contributed by atoms with Gasteiger partial charge in [-0.05, 0) is 38.6 Å². The Balaban J connectivity index is 2.44. The molecule has 0 aliphatic carbocycles. The van der Waals surface area contributed by atoms with Crippen molar-refractivity contribution in [2.75, 3.05) is 26.2 Å². The van der Waals surface area contributed by atoms with Crippen LogP contribution in [-0.4, -0.2) is 49.1 Å². The number of carbonyl (C=O) groups is 1. The Kier molecular flexibility index (Phi) is 8.93. The van der Waals surface area contributed by atoms with Crippen molar-refractivity contribution < 1.29 is 4.79 Å². The van der Waals surface area contributed by atoms with E-state index in [4.69, 9.17) is 0 Å². The predicted molar refractivity (Wildman–Crippen MR) is 89.4 cm³/mol. The summed E-state index contributed by atoms with van der Waals surface area (Å²) < 4.78 is 0. The molecule has 0 aromatic heterocycles. The SMILES string of the molecule is CCCCCNC(=O)C(C)N(CC(C)C)CC1CCCN1. The van der Waals surface area contributed by atoms with Crippen LogP contribution in [0.25, 0.3) is 0 Å². The quantitative estimate of drug-likeness (QED) is 0.609. The van der Waals surface area contributed by atoms with Crippen LogP contribution in [0, 0.1) is 5.92 Å². The largest absolute Gasteiger partial charge is 0.355 e. The van der Waals surface area contributed by atoms with Gasteiger partial charge in [-0.2, -0.15) is 0 Å². The molecule has 0 aromatic rings. The zero-order valence-electron chi connectivity index (χ0n) is 14.5. The van der Waals surface area contributed by atoms with Crippen molar-refractivity contribution in [3.63, 3.8) is 0 Å². The molecule has 2 atom stereocenters. The van der Waals surface area contributed by atoms with E-state index in [1.807, 2.05) is 6.92 Å². The second-order valence-electron chi connectivity index (χ2n) is 6.82. The number of nitrogens with zero attached hydrogens (tertiary/aromatic N) is 1. The first-order valence-corrected chi connectivity index (χ1v) is 8.79. The average molecular weight is 297 g/mol. The molecule has 0 radical (unpaired) electrons. The minimum absolute atomic E-state index is 0.0311. The first-order valence-electron chi connectivity index (χ1n) is 8.79. The third-order valence-corrected chi connectivity index (χ3v) is 4.22. The van der Waals surface area contributed by atoms with E-state index in [1.54, 1.807) is 0 Å². The average Bonchev–Trinajstić information content (AvgIpc) is 2.94. The highest BCUT2D eigenvalue weighted by Crippen LogP contribution is 2.12. The van der Waals surface area contributed by atoms with E-state index in [-0.39, 0.29) is 11.9 Å². The molecule has 124 valence electrons. The lowest BCUT2D eigenvalue weighted by molar-refractivity contribution is -0.126. The van der Waals surface area contributed by atoms with Gasteiger partial charge in [-0.25, -0.2) is 0 Å². The summed E-state index contributed by atoms with van der Waals surface area (Å²) in [6.45, 7) is 12.6. The van der Waals surface area contributed by atoms with Crippen LogP contribution in [0.3, 0.4) is 0 Å². The summed E-state index contributed by atoms with van der Waals surface area (Å²) in [6.07, 6.45) is 5.97. The smallest absolute Gasteiger partial charge is 0.237 e. The van der Waals surface area contributed by atoms with Gasteiger partial charge < -0.3 is 10.6 Å². The lowest BCUT2D eigenvalue weighted by Gasteiger charge is -2.32. The highest BCUT2D eigenvalue weighted by atomic mass is 16.2. The standard InChI is InChI=1S/C17H35N3O/c1-5-6-7-10-19-17(21)15(4)20(12-14(2)3)13-16-9-8-11-18-16/h14-16,18H,5-13H2,1-4H3,(H,19,21). The van der Waals surface area contributed by atoms with Crippen molar-refractivity contribution in [2.24, 2.45) is 5.92 Å². The van der Waals surface area contributed by atoms with Crippen LogP contribution in [0.15, 0.2) is 0 Å². The van der Waals surface area contributed by atoms with E-state index in [1.165, 1.54) is 25.7 Å². The lowest BCUT2D eigenvalue weighted by atomic mass is 10.1.